The molecule has 0 aliphatic carbocycles. The van der Waals surface area contributed by atoms with Crippen LogP contribution in [0.3, 0.4) is 0 Å². The lowest BCUT2D eigenvalue weighted by molar-refractivity contribution is -0.140. The zero-order valence-electron chi connectivity index (χ0n) is 11.8. The third kappa shape index (κ3) is 5.75. The molecule has 4 heteroatoms. The van der Waals surface area contributed by atoms with Crippen molar-refractivity contribution >= 4 is 5.97 Å². The van der Waals surface area contributed by atoms with Crippen LogP contribution >= 0.6 is 0 Å². The van der Waals surface area contributed by atoms with Crippen LogP contribution in [-0.4, -0.2) is 23.7 Å². The molecule has 0 saturated heterocycles. The summed E-state index contributed by atoms with van der Waals surface area (Å²) < 4.78 is 5.36. The van der Waals surface area contributed by atoms with Crippen molar-refractivity contribution in [3.05, 3.63) is 29.8 Å². The number of carbonyl (C=O) groups is 1. The topological polar surface area (TPSA) is 58.6 Å². The molecule has 1 rings (SSSR count). The van der Waals surface area contributed by atoms with Gasteiger partial charge in [0, 0.05) is 6.54 Å². The molecule has 0 fully saturated rings. The van der Waals surface area contributed by atoms with Crippen LogP contribution in [0.5, 0.6) is 5.75 Å². The van der Waals surface area contributed by atoms with Gasteiger partial charge in [-0.25, -0.2) is 0 Å². The molecule has 0 amide bonds. The number of nitrogens with one attached hydrogen (secondary N) is 1. The highest BCUT2D eigenvalue weighted by atomic mass is 16.5. The number of benzene rings is 1. The lowest BCUT2D eigenvalue weighted by Gasteiger charge is -2.16. The summed E-state index contributed by atoms with van der Waals surface area (Å²) in [6.07, 6.45) is 0.631. The molecule has 2 N–H and O–H groups in total. The number of carboxylic acid groups (broad SMARTS) is 1. The Labute approximate surface area is 114 Å². The highest BCUT2D eigenvalue weighted by molar-refractivity contribution is 5.73. The average Bonchev–Trinajstić information content (AvgIpc) is 2.36. The Balaban J connectivity index is 2.51. The summed E-state index contributed by atoms with van der Waals surface area (Å²) in [6.45, 7) is 7.19. The van der Waals surface area contributed by atoms with Crippen LogP contribution in [0.15, 0.2) is 24.3 Å². The molecule has 0 radical (unpaired) electrons. The van der Waals surface area contributed by atoms with Crippen molar-refractivity contribution in [3.63, 3.8) is 0 Å². The second-order valence-electron chi connectivity index (χ2n) is 4.98. The molecular formula is C15H23NO3. The Morgan fingerprint density at radius 1 is 1.32 bits per heavy atom. The van der Waals surface area contributed by atoms with Gasteiger partial charge in [-0.3, -0.25) is 4.79 Å². The zero-order valence-corrected chi connectivity index (χ0v) is 11.8. The number of aliphatic carboxylic acids is 1. The van der Waals surface area contributed by atoms with E-state index in [1.807, 2.05) is 45.0 Å². The van der Waals surface area contributed by atoms with Crippen LogP contribution in [0.25, 0.3) is 0 Å². The molecule has 106 valence electrons. The average molecular weight is 265 g/mol. The molecule has 1 aromatic carbocycles. The van der Waals surface area contributed by atoms with E-state index in [9.17, 15) is 4.79 Å². The van der Waals surface area contributed by atoms with Crippen LogP contribution in [-0.2, 0) is 11.3 Å². The summed E-state index contributed by atoms with van der Waals surface area (Å²) in [6, 6.07) is 7.21. The predicted octanol–water partition coefficient (Wildman–Crippen LogP) is 2.67. The van der Waals surface area contributed by atoms with Gasteiger partial charge >= 0.3 is 5.97 Å². The van der Waals surface area contributed by atoms with Crippen molar-refractivity contribution < 1.29 is 14.6 Å². The summed E-state index contributed by atoms with van der Waals surface area (Å²) in [5.74, 6) is 0.400. The van der Waals surface area contributed by atoms with Gasteiger partial charge in [0.1, 0.15) is 11.8 Å². The van der Waals surface area contributed by atoms with E-state index in [-0.39, 0.29) is 0 Å². The Bertz CT molecular complexity index is 387. The first-order chi connectivity index (χ1) is 9.02. The lowest BCUT2D eigenvalue weighted by Crippen LogP contribution is -2.37. The van der Waals surface area contributed by atoms with Crippen molar-refractivity contribution in [3.8, 4) is 5.75 Å². The minimum atomic E-state index is -0.792. The Hall–Kier alpha value is -1.55. The van der Waals surface area contributed by atoms with E-state index >= 15 is 0 Å². The van der Waals surface area contributed by atoms with Crippen LogP contribution in [0, 0.1) is 5.92 Å². The molecule has 0 bridgehead atoms. The van der Waals surface area contributed by atoms with Gasteiger partial charge < -0.3 is 15.2 Å². The maximum absolute atomic E-state index is 11.1. The fourth-order valence-corrected chi connectivity index (χ4v) is 1.85. The monoisotopic (exact) mass is 265 g/mol. The normalized spacial score (nSPS) is 12.4. The highest BCUT2D eigenvalue weighted by Gasteiger charge is 2.17. The van der Waals surface area contributed by atoms with E-state index in [0.29, 0.717) is 25.5 Å². The summed E-state index contributed by atoms with van der Waals surface area (Å²) in [4.78, 5) is 11.1. The molecule has 0 aliphatic heterocycles. The van der Waals surface area contributed by atoms with Crippen LogP contribution < -0.4 is 10.1 Å². The maximum Gasteiger partial charge on any atom is 0.320 e. The molecule has 0 aromatic heterocycles. The summed E-state index contributed by atoms with van der Waals surface area (Å²) in [7, 11) is 0. The summed E-state index contributed by atoms with van der Waals surface area (Å²) in [5.41, 5.74) is 1.05. The molecule has 0 saturated carbocycles. The van der Waals surface area contributed by atoms with Crippen molar-refractivity contribution in [1.29, 1.82) is 0 Å². The third-order valence-corrected chi connectivity index (χ3v) is 2.79. The number of rotatable bonds is 8. The number of hydrogen-bond donors (Lipinski definition) is 2. The van der Waals surface area contributed by atoms with Gasteiger partial charge in [-0.2, -0.15) is 0 Å². The lowest BCUT2D eigenvalue weighted by atomic mass is 10.0. The molecule has 1 aromatic rings. The third-order valence-electron chi connectivity index (χ3n) is 2.79. The van der Waals surface area contributed by atoms with E-state index in [1.54, 1.807) is 0 Å². The quantitative estimate of drug-likeness (QED) is 0.758. The molecule has 0 heterocycles. The van der Waals surface area contributed by atoms with Crippen molar-refractivity contribution in [1.82, 2.24) is 5.32 Å². The molecular weight excluding hydrogens is 242 g/mol. The minimum absolute atomic E-state index is 0.355. The Morgan fingerprint density at radius 3 is 2.42 bits per heavy atom. The van der Waals surface area contributed by atoms with Crippen molar-refractivity contribution in [2.45, 2.75) is 39.8 Å². The molecule has 1 atom stereocenters. The van der Waals surface area contributed by atoms with E-state index in [0.717, 1.165) is 11.3 Å². The first kappa shape index (κ1) is 15.5. The molecule has 19 heavy (non-hydrogen) atoms. The SMILES string of the molecule is CCOc1ccc(CN[C@H](CC(C)C)C(=O)O)cc1. The maximum atomic E-state index is 11.1. The van der Waals surface area contributed by atoms with Gasteiger partial charge in [0.05, 0.1) is 6.61 Å². The second-order valence-corrected chi connectivity index (χ2v) is 4.98. The van der Waals surface area contributed by atoms with Gasteiger partial charge in [0.25, 0.3) is 0 Å². The zero-order chi connectivity index (χ0) is 14.3. The van der Waals surface area contributed by atoms with Crippen LogP contribution in [0.4, 0.5) is 0 Å². The standard InChI is InChI=1S/C15H23NO3/c1-4-19-13-7-5-12(6-8-13)10-16-14(15(17)18)9-11(2)3/h5-8,11,14,16H,4,9-10H2,1-3H3,(H,17,18)/t14-/m1/s1. The molecule has 0 aliphatic rings. The van der Waals surface area contributed by atoms with Gasteiger partial charge in [-0.1, -0.05) is 26.0 Å². The van der Waals surface area contributed by atoms with E-state index in [2.05, 4.69) is 5.32 Å². The molecule has 0 unspecified atom stereocenters. The number of ether oxygens (including phenoxy) is 1. The van der Waals surface area contributed by atoms with E-state index in [4.69, 9.17) is 9.84 Å². The molecule has 0 spiro atoms. The Morgan fingerprint density at radius 2 is 1.95 bits per heavy atom. The van der Waals surface area contributed by atoms with Gasteiger partial charge in [-0.15, -0.1) is 0 Å². The minimum Gasteiger partial charge on any atom is -0.494 e. The largest absolute Gasteiger partial charge is 0.494 e. The molecule has 4 nitrogen and oxygen atoms in total. The fourth-order valence-electron chi connectivity index (χ4n) is 1.85. The number of carboxylic acids is 1. The van der Waals surface area contributed by atoms with E-state index in [1.165, 1.54) is 0 Å². The van der Waals surface area contributed by atoms with Crippen molar-refractivity contribution in [2.75, 3.05) is 6.61 Å². The first-order valence-electron chi connectivity index (χ1n) is 6.70. The van der Waals surface area contributed by atoms with Crippen LogP contribution in [0.1, 0.15) is 32.8 Å². The Kier molecular flexibility index (Phi) is 6.36. The fraction of sp³-hybridized carbons (Fsp3) is 0.533. The van der Waals surface area contributed by atoms with E-state index < -0.39 is 12.0 Å². The number of hydrogen-bond acceptors (Lipinski definition) is 3. The summed E-state index contributed by atoms with van der Waals surface area (Å²) in [5, 5.41) is 12.2. The predicted molar refractivity (Wildman–Crippen MR) is 75.3 cm³/mol. The van der Waals surface area contributed by atoms with Gasteiger partial charge in [0.2, 0.25) is 0 Å². The van der Waals surface area contributed by atoms with Crippen molar-refractivity contribution in [2.24, 2.45) is 5.92 Å². The van der Waals surface area contributed by atoms with Gasteiger partial charge in [0.15, 0.2) is 0 Å². The van der Waals surface area contributed by atoms with Crippen LogP contribution in [0.2, 0.25) is 0 Å². The second kappa shape index (κ2) is 7.79. The summed E-state index contributed by atoms with van der Waals surface area (Å²) >= 11 is 0. The highest BCUT2D eigenvalue weighted by Crippen LogP contribution is 2.12. The van der Waals surface area contributed by atoms with Gasteiger partial charge in [-0.05, 0) is 37.0 Å². The first-order valence-corrected chi connectivity index (χ1v) is 6.70. The smallest absolute Gasteiger partial charge is 0.320 e.